The van der Waals surface area contributed by atoms with E-state index in [4.69, 9.17) is 9.84 Å². The van der Waals surface area contributed by atoms with Crippen LogP contribution in [0.2, 0.25) is 0 Å². The van der Waals surface area contributed by atoms with E-state index in [1.165, 1.54) is 0 Å². The molecule has 0 spiro atoms. The summed E-state index contributed by atoms with van der Waals surface area (Å²) in [7, 11) is 0. The fourth-order valence-electron chi connectivity index (χ4n) is 1.48. The van der Waals surface area contributed by atoms with Crippen LogP contribution in [0.5, 0.6) is 0 Å². The normalized spacial score (nSPS) is 22.0. The fraction of sp³-hybridized carbons (Fsp3) is 0.800. The first kappa shape index (κ1) is 12.0. The van der Waals surface area contributed by atoms with Gasteiger partial charge in [-0.2, -0.15) is 0 Å². The second-order valence-electron chi connectivity index (χ2n) is 4.62. The number of hydrogen-bond donors (Lipinski definition) is 1. The first-order valence-electron chi connectivity index (χ1n) is 5.01. The number of imide groups is 1. The Morgan fingerprint density at radius 3 is 2.67 bits per heavy atom. The summed E-state index contributed by atoms with van der Waals surface area (Å²) in [5.41, 5.74) is -0.625. The number of rotatable bonds is 1. The van der Waals surface area contributed by atoms with E-state index in [0.717, 1.165) is 4.90 Å². The van der Waals surface area contributed by atoms with Crippen LogP contribution >= 0.6 is 0 Å². The summed E-state index contributed by atoms with van der Waals surface area (Å²) in [6.07, 6.45) is 0.142. The summed E-state index contributed by atoms with van der Waals surface area (Å²) in [5, 5.41) is 9.00. The van der Waals surface area contributed by atoms with Gasteiger partial charge in [-0.1, -0.05) is 0 Å². The third-order valence-corrected chi connectivity index (χ3v) is 2.13. The summed E-state index contributed by atoms with van der Waals surface area (Å²) in [4.78, 5) is 24.0. The highest BCUT2D eigenvalue weighted by molar-refractivity contribution is 5.94. The zero-order valence-corrected chi connectivity index (χ0v) is 9.32. The number of likely N-dealkylation sites (tertiary alicyclic amines) is 1. The molecule has 0 radical (unpaired) electrons. The minimum Gasteiger partial charge on any atom is -0.443 e. The van der Waals surface area contributed by atoms with Gasteiger partial charge in [-0.15, -0.1) is 0 Å². The molecule has 5 nitrogen and oxygen atoms in total. The van der Waals surface area contributed by atoms with Crippen molar-refractivity contribution < 1.29 is 19.4 Å². The van der Waals surface area contributed by atoms with E-state index in [9.17, 15) is 9.59 Å². The molecule has 1 aliphatic rings. The maximum atomic E-state index is 11.6. The Morgan fingerprint density at radius 1 is 1.60 bits per heavy atom. The Kier molecular flexibility index (Phi) is 3.34. The molecule has 1 rings (SSSR count). The minimum absolute atomic E-state index is 0.203. The van der Waals surface area contributed by atoms with Crippen molar-refractivity contribution in [3.05, 3.63) is 0 Å². The molecule has 5 heteroatoms. The predicted octanol–water partition coefficient (Wildman–Crippen LogP) is 0.905. The van der Waals surface area contributed by atoms with Crippen molar-refractivity contribution in [3.8, 4) is 0 Å². The van der Waals surface area contributed by atoms with E-state index >= 15 is 0 Å². The molecule has 1 N–H and O–H groups in total. The zero-order valence-electron chi connectivity index (χ0n) is 9.32. The average molecular weight is 215 g/mol. The Morgan fingerprint density at radius 2 is 2.20 bits per heavy atom. The Bertz CT molecular complexity index is 269. The lowest BCUT2D eigenvalue weighted by Crippen LogP contribution is -2.43. The zero-order chi connectivity index (χ0) is 11.6. The SMILES string of the molecule is CC(C)(C)OC(=O)N1C(=O)CC[C@H]1CO. The molecule has 86 valence electrons. The van der Waals surface area contributed by atoms with Crippen molar-refractivity contribution in [2.75, 3.05) is 6.61 Å². The highest BCUT2D eigenvalue weighted by Crippen LogP contribution is 2.21. The van der Waals surface area contributed by atoms with Crippen molar-refractivity contribution in [1.29, 1.82) is 0 Å². The van der Waals surface area contributed by atoms with Crippen LogP contribution in [0.4, 0.5) is 4.79 Å². The van der Waals surface area contributed by atoms with E-state index in [1.54, 1.807) is 20.8 Å². The van der Waals surface area contributed by atoms with Gasteiger partial charge in [-0.3, -0.25) is 4.79 Å². The van der Waals surface area contributed by atoms with Crippen molar-refractivity contribution in [2.24, 2.45) is 0 Å². The van der Waals surface area contributed by atoms with Crippen LogP contribution in [0.3, 0.4) is 0 Å². The lowest BCUT2D eigenvalue weighted by molar-refractivity contribution is -0.128. The van der Waals surface area contributed by atoms with Gasteiger partial charge in [0.05, 0.1) is 12.6 Å². The van der Waals surface area contributed by atoms with Crippen LogP contribution in [-0.2, 0) is 9.53 Å². The van der Waals surface area contributed by atoms with Crippen LogP contribution < -0.4 is 0 Å². The molecule has 1 saturated heterocycles. The fourth-order valence-corrected chi connectivity index (χ4v) is 1.48. The van der Waals surface area contributed by atoms with E-state index in [-0.39, 0.29) is 12.5 Å². The van der Waals surface area contributed by atoms with E-state index in [0.29, 0.717) is 12.8 Å². The number of carbonyl (C=O) groups is 2. The van der Waals surface area contributed by atoms with Crippen LogP contribution in [0.1, 0.15) is 33.6 Å². The van der Waals surface area contributed by atoms with Gasteiger partial charge in [-0.25, -0.2) is 9.69 Å². The smallest absolute Gasteiger partial charge is 0.417 e. The van der Waals surface area contributed by atoms with E-state index in [2.05, 4.69) is 0 Å². The summed E-state index contributed by atoms with van der Waals surface area (Å²) >= 11 is 0. The van der Waals surface area contributed by atoms with Crippen molar-refractivity contribution in [1.82, 2.24) is 4.90 Å². The third-order valence-electron chi connectivity index (χ3n) is 2.13. The van der Waals surface area contributed by atoms with Gasteiger partial charge in [0, 0.05) is 6.42 Å². The molecule has 2 amide bonds. The number of amides is 2. The topological polar surface area (TPSA) is 66.8 Å². The van der Waals surface area contributed by atoms with Gasteiger partial charge in [-0.05, 0) is 27.2 Å². The molecular weight excluding hydrogens is 198 g/mol. The van der Waals surface area contributed by atoms with Crippen molar-refractivity contribution in [3.63, 3.8) is 0 Å². The number of ether oxygens (including phenoxy) is 1. The maximum Gasteiger partial charge on any atom is 0.417 e. The number of aliphatic hydroxyl groups is 1. The second kappa shape index (κ2) is 4.18. The Hall–Kier alpha value is -1.10. The lowest BCUT2D eigenvalue weighted by Gasteiger charge is -2.26. The summed E-state index contributed by atoms with van der Waals surface area (Å²) in [5.74, 6) is -0.275. The molecule has 0 aromatic carbocycles. The van der Waals surface area contributed by atoms with Crippen LogP contribution in [0, 0.1) is 0 Å². The molecule has 0 bridgehead atoms. The predicted molar refractivity (Wildman–Crippen MR) is 53.2 cm³/mol. The number of carbonyl (C=O) groups excluding carboxylic acids is 2. The molecule has 0 unspecified atom stereocenters. The molecule has 0 aromatic heterocycles. The largest absolute Gasteiger partial charge is 0.443 e. The maximum absolute atomic E-state index is 11.6. The minimum atomic E-state index is -0.663. The lowest BCUT2D eigenvalue weighted by atomic mass is 10.2. The van der Waals surface area contributed by atoms with Gasteiger partial charge >= 0.3 is 6.09 Å². The second-order valence-corrected chi connectivity index (χ2v) is 4.62. The molecule has 1 heterocycles. The molecular formula is C10H17NO4. The van der Waals surface area contributed by atoms with E-state index in [1.807, 2.05) is 0 Å². The van der Waals surface area contributed by atoms with Crippen LogP contribution in [0.15, 0.2) is 0 Å². The van der Waals surface area contributed by atoms with Gasteiger partial charge in [0.1, 0.15) is 5.60 Å². The van der Waals surface area contributed by atoms with Gasteiger partial charge < -0.3 is 9.84 Å². The van der Waals surface area contributed by atoms with Crippen LogP contribution in [0.25, 0.3) is 0 Å². The monoisotopic (exact) mass is 215 g/mol. The van der Waals surface area contributed by atoms with Crippen LogP contribution in [-0.4, -0.2) is 40.3 Å². The molecule has 1 atom stereocenters. The highest BCUT2D eigenvalue weighted by atomic mass is 16.6. The molecule has 15 heavy (non-hydrogen) atoms. The summed E-state index contributed by atoms with van der Waals surface area (Å²) < 4.78 is 5.08. The van der Waals surface area contributed by atoms with Gasteiger partial charge in [0.25, 0.3) is 0 Å². The molecule has 1 fully saturated rings. The summed E-state index contributed by atoms with van der Waals surface area (Å²) in [6.45, 7) is 5.00. The van der Waals surface area contributed by atoms with Gasteiger partial charge in [0.2, 0.25) is 5.91 Å². The summed E-state index contributed by atoms with van der Waals surface area (Å²) in [6, 6.07) is -0.424. The average Bonchev–Trinajstić information content (AvgIpc) is 2.43. The molecule has 0 aromatic rings. The number of hydrogen-bond acceptors (Lipinski definition) is 4. The molecule has 0 aliphatic carbocycles. The Labute approximate surface area is 89.0 Å². The molecule has 0 saturated carbocycles. The third kappa shape index (κ3) is 2.92. The Balaban J connectivity index is 2.69. The standard InChI is InChI=1S/C10H17NO4/c1-10(2,3)15-9(14)11-7(6-12)4-5-8(11)13/h7,12H,4-6H2,1-3H3/t7-/m0/s1. The van der Waals surface area contributed by atoms with Crippen molar-refractivity contribution >= 4 is 12.0 Å². The van der Waals surface area contributed by atoms with E-state index < -0.39 is 17.7 Å². The first-order chi connectivity index (χ1) is 6.85. The molecule has 1 aliphatic heterocycles. The number of aliphatic hydroxyl groups excluding tert-OH is 1. The number of nitrogens with zero attached hydrogens (tertiary/aromatic N) is 1. The highest BCUT2D eigenvalue weighted by Gasteiger charge is 2.37. The quantitative estimate of drug-likeness (QED) is 0.705. The van der Waals surface area contributed by atoms with Gasteiger partial charge in [0.15, 0.2) is 0 Å². The first-order valence-corrected chi connectivity index (χ1v) is 5.01. The van der Waals surface area contributed by atoms with Crippen molar-refractivity contribution in [2.45, 2.75) is 45.3 Å².